The second kappa shape index (κ2) is 3.56. The lowest BCUT2D eigenvalue weighted by Crippen LogP contribution is -2.16. The number of hydrogen-bond donors (Lipinski definition) is 0. The average molecular weight is 214 g/mol. The van der Waals surface area contributed by atoms with E-state index in [0.717, 1.165) is 11.3 Å². The molecule has 15 heavy (non-hydrogen) atoms. The highest BCUT2D eigenvalue weighted by Gasteiger charge is 2.07. The number of rotatable bonds is 0. The number of pyridine rings is 1. The highest BCUT2D eigenvalue weighted by molar-refractivity contribution is 6.83. The molecule has 0 atom stereocenters. The molecule has 0 unspecified atom stereocenters. The van der Waals surface area contributed by atoms with E-state index in [2.05, 4.69) is 36.1 Å². The third kappa shape index (κ3) is 2.28. The largest absolute Gasteiger partial charge is 0.293 e. The van der Waals surface area contributed by atoms with Crippen molar-refractivity contribution in [2.24, 2.45) is 0 Å². The molecule has 2 aromatic heterocycles. The van der Waals surface area contributed by atoms with E-state index in [0.29, 0.717) is 0 Å². The van der Waals surface area contributed by atoms with E-state index in [-0.39, 0.29) is 0 Å². The number of aromatic nitrogens is 2. The molecule has 0 saturated carbocycles. The molecule has 2 aromatic rings. The second-order valence-corrected chi connectivity index (χ2v) is 9.32. The Balaban J connectivity index is 2.51. The molecule has 0 aliphatic heterocycles. The second-order valence-electron chi connectivity index (χ2n) is 4.57. The molecule has 0 aromatic carbocycles. The van der Waals surface area contributed by atoms with Crippen LogP contribution in [-0.2, 0) is 0 Å². The van der Waals surface area contributed by atoms with Crippen LogP contribution < -0.4 is 0 Å². The smallest absolute Gasteiger partial charge is 0.137 e. The van der Waals surface area contributed by atoms with E-state index in [1.54, 1.807) is 6.20 Å². The number of hydrogen-bond acceptors (Lipinski definition) is 1. The zero-order valence-corrected chi connectivity index (χ0v) is 10.3. The first-order valence-electron chi connectivity index (χ1n) is 5.01. The van der Waals surface area contributed by atoms with Gasteiger partial charge >= 0.3 is 0 Å². The SMILES string of the molecule is C[Si](C)(C)C#Cc1cccc2nccn12. The maximum Gasteiger partial charge on any atom is 0.137 e. The maximum absolute atomic E-state index is 4.23. The highest BCUT2D eigenvalue weighted by Crippen LogP contribution is 2.05. The first kappa shape index (κ1) is 10.0. The Hall–Kier alpha value is -1.53. The summed E-state index contributed by atoms with van der Waals surface area (Å²) in [5.41, 5.74) is 5.34. The van der Waals surface area contributed by atoms with Crippen LogP contribution in [0.1, 0.15) is 5.69 Å². The first-order valence-corrected chi connectivity index (χ1v) is 8.51. The summed E-state index contributed by atoms with van der Waals surface area (Å²) in [6, 6.07) is 6.01. The molecule has 76 valence electrons. The topological polar surface area (TPSA) is 17.3 Å². The van der Waals surface area contributed by atoms with Crippen LogP contribution >= 0.6 is 0 Å². The highest BCUT2D eigenvalue weighted by atomic mass is 28.3. The molecule has 0 amide bonds. The van der Waals surface area contributed by atoms with E-state index < -0.39 is 8.07 Å². The Labute approximate surface area is 91.0 Å². The van der Waals surface area contributed by atoms with Crippen LogP contribution in [-0.4, -0.2) is 17.5 Å². The molecular formula is C12H14N2Si. The van der Waals surface area contributed by atoms with Gasteiger partial charge in [-0.05, 0) is 12.1 Å². The summed E-state index contributed by atoms with van der Waals surface area (Å²) >= 11 is 0. The predicted octanol–water partition coefficient (Wildman–Crippen LogP) is 2.56. The van der Waals surface area contributed by atoms with Crippen LogP contribution in [0, 0.1) is 11.5 Å². The summed E-state index contributed by atoms with van der Waals surface area (Å²) in [6.45, 7) is 6.73. The Kier molecular flexibility index (Phi) is 2.37. The van der Waals surface area contributed by atoms with Gasteiger partial charge < -0.3 is 0 Å². The van der Waals surface area contributed by atoms with Gasteiger partial charge in [-0.25, -0.2) is 4.98 Å². The third-order valence-corrected chi connectivity index (χ3v) is 2.87. The monoisotopic (exact) mass is 214 g/mol. The maximum atomic E-state index is 4.23. The minimum atomic E-state index is -1.30. The van der Waals surface area contributed by atoms with Gasteiger partial charge in [-0.1, -0.05) is 31.6 Å². The molecule has 0 fully saturated rings. The van der Waals surface area contributed by atoms with Crippen molar-refractivity contribution < 1.29 is 0 Å². The summed E-state index contributed by atoms with van der Waals surface area (Å²) in [7, 11) is -1.30. The Bertz CT molecular complexity index is 538. The van der Waals surface area contributed by atoms with Gasteiger partial charge in [0.2, 0.25) is 0 Å². The molecular weight excluding hydrogens is 200 g/mol. The van der Waals surface area contributed by atoms with Crippen LogP contribution in [0.5, 0.6) is 0 Å². The van der Waals surface area contributed by atoms with Gasteiger partial charge in [0.15, 0.2) is 0 Å². The fraction of sp³-hybridized carbons (Fsp3) is 0.250. The van der Waals surface area contributed by atoms with Gasteiger partial charge in [0.25, 0.3) is 0 Å². The molecule has 3 heteroatoms. The minimum Gasteiger partial charge on any atom is -0.293 e. The Morgan fingerprint density at radius 3 is 2.80 bits per heavy atom. The van der Waals surface area contributed by atoms with Crippen molar-refractivity contribution in [3.05, 3.63) is 36.3 Å². The normalized spacial score (nSPS) is 11.1. The van der Waals surface area contributed by atoms with Crippen LogP contribution in [0.3, 0.4) is 0 Å². The van der Waals surface area contributed by atoms with E-state index >= 15 is 0 Å². The molecule has 0 saturated heterocycles. The zero-order chi connectivity index (χ0) is 10.9. The molecule has 0 radical (unpaired) electrons. The van der Waals surface area contributed by atoms with Crippen LogP contribution in [0.25, 0.3) is 5.65 Å². The molecule has 2 nitrogen and oxygen atoms in total. The molecule has 0 aliphatic rings. The zero-order valence-electron chi connectivity index (χ0n) is 9.28. The van der Waals surface area contributed by atoms with Crippen LogP contribution in [0.2, 0.25) is 19.6 Å². The summed E-state index contributed by atoms with van der Waals surface area (Å²) < 4.78 is 2.02. The van der Waals surface area contributed by atoms with Crippen LogP contribution in [0.4, 0.5) is 0 Å². The van der Waals surface area contributed by atoms with Crippen molar-refractivity contribution in [2.75, 3.05) is 0 Å². The van der Waals surface area contributed by atoms with E-state index in [4.69, 9.17) is 0 Å². The van der Waals surface area contributed by atoms with Crippen LogP contribution in [0.15, 0.2) is 30.6 Å². The van der Waals surface area contributed by atoms with Crippen molar-refractivity contribution >= 4 is 13.7 Å². The number of imidazole rings is 1. The van der Waals surface area contributed by atoms with Crippen molar-refractivity contribution in [3.63, 3.8) is 0 Å². The molecule has 2 heterocycles. The van der Waals surface area contributed by atoms with Gasteiger partial charge in [-0.2, -0.15) is 0 Å². The fourth-order valence-corrected chi connectivity index (χ4v) is 1.80. The lowest BCUT2D eigenvalue weighted by atomic mass is 10.3. The van der Waals surface area contributed by atoms with Gasteiger partial charge in [0.1, 0.15) is 13.7 Å². The quantitative estimate of drug-likeness (QED) is 0.486. The lowest BCUT2D eigenvalue weighted by Gasteiger charge is -2.04. The van der Waals surface area contributed by atoms with Crippen molar-refractivity contribution in [1.82, 2.24) is 9.38 Å². The van der Waals surface area contributed by atoms with Crippen molar-refractivity contribution in [2.45, 2.75) is 19.6 Å². The lowest BCUT2D eigenvalue weighted by molar-refractivity contribution is 1.16. The molecule has 0 bridgehead atoms. The van der Waals surface area contributed by atoms with E-state index in [1.165, 1.54) is 0 Å². The van der Waals surface area contributed by atoms with Gasteiger partial charge in [-0.15, -0.1) is 5.54 Å². The molecule has 0 spiro atoms. The van der Waals surface area contributed by atoms with Gasteiger partial charge in [-0.3, -0.25) is 4.40 Å². The fourth-order valence-electron chi connectivity index (χ4n) is 1.30. The first-order chi connectivity index (χ1) is 7.06. The number of nitrogens with zero attached hydrogens (tertiary/aromatic N) is 2. The predicted molar refractivity (Wildman–Crippen MR) is 65.4 cm³/mol. The average Bonchev–Trinajstić information content (AvgIpc) is 2.61. The van der Waals surface area contributed by atoms with Crippen molar-refractivity contribution in [1.29, 1.82) is 0 Å². The summed E-state index contributed by atoms with van der Waals surface area (Å²) in [4.78, 5) is 4.23. The summed E-state index contributed by atoms with van der Waals surface area (Å²) in [6.07, 6.45) is 3.75. The van der Waals surface area contributed by atoms with Gasteiger partial charge in [0, 0.05) is 12.4 Å². The molecule has 0 N–H and O–H groups in total. The summed E-state index contributed by atoms with van der Waals surface area (Å²) in [5, 5.41) is 0. The van der Waals surface area contributed by atoms with Crippen molar-refractivity contribution in [3.8, 4) is 11.5 Å². The van der Waals surface area contributed by atoms with E-state index in [9.17, 15) is 0 Å². The Morgan fingerprint density at radius 1 is 1.27 bits per heavy atom. The number of fused-ring (bicyclic) bond motifs is 1. The van der Waals surface area contributed by atoms with Gasteiger partial charge in [0.05, 0.1) is 5.69 Å². The Morgan fingerprint density at radius 2 is 2.07 bits per heavy atom. The molecule has 2 rings (SSSR count). The summed E-state index contributed by atoms with van der Waals surface area (Å²) in [5.74, 6) is 3.25. The minimum absolute atomic E-state index is 0.956. The third-order valence-electron chi connectivity index (χ3n) is 1.99. The standard InChI is InChI=1S/C12H14N2Si/c1-15(2,3)10-7-11-5-4-6-12-13-8-9-14(11)12/h4-6,8-9H,1-3H3. The molecule has 0 aliphatic carbocycles. The van der Waals surface area contributed by atoms with E-state index in [1.807, 2.05) is 28.8 Å².